The molecule has 2 heteroatoms. The minimum atomic E-state index is 1.00. The number of hydrogen-bond donors (Lipinski definition) is 0. The van der Waals surface area contributed by atoms with Crippen molar-refractivity contribution in [3.8, 4) is 0 Å². The molecule has 0 heterocycles. The molecular weight excluding hydrogens is 106 g/mol. The van der Waals surface area contributed by atoms with Gasteiger partial charge in [0.1, 0.15) is 0 Å². The lowest BCUT2D eigenvalue weighted by Gasteiger charge is -1.75. The Hall–Kier alpha value is -0.240. The molecule has 40 valence electrons. The highest BCUT2D eigenvalue weighted by Gasteiger charge is 1.64. The first kappa shape index (κ1) is 6.76. The summed E-state index contributed by atoms with van der Waals surface area (Å²) in [4.78, 5) is 0. The molecule has 0 spiro atoms. The maximum absolute atomic E-state index is 3.88. The molecule has 0 aromatic heterocycles. The van der Waals surface area contributed by atoms with Crippen LogP contribution in [0.15, 0.2) is 16.4 Å². The molecule has 0 aliphatic heterocycles. The van der Waals surface area contributed by atoms with E-state index in [1.54, 1.807) is 5.41 Å². The van der Waals surface area contributed by atoms with Crippen molar-refractivity contribution < 1.29 is 0 Å². The minimum Gasteiger partial charge on any atom is -0.224 e. The van der Waals surface area contributed by atoms with Gasteiger partial charge in [-0.05, 0) is 11.8 Å². The van der Waals surface area contributed by atoms with Crippen molar-refractivity contribution >= 4 is 18.2 Å². The molecule has 0 N–H and O–H groups in total. The molecule has 0 bridgehead atoms. The summed E-state index contributed by atoms with van der Waals surface area (Å²) >= 11 is 1.37. The normalized spacial score (nSPS) is 9.86. The molecule has 1 nitrogen and oxygen atoms in total. The highest BCUT2D eigenvalue weighted by atomic mass is 32.2. The second-order valence-corrected chi connectivity index (χ2v) is 1.72. The van der Waals surface area contributed by atoms with Crippen molar-refractivity contribution in [3.63, 3.8) is 0 Å². The van der Waals surface area contributed by atoms with E-state index in [1.807, 2.05) is 13.1 Å². The molecule has 0 aliphatic rings. The Morgan fingerprint density at radius 1 is 1.86 bits per heavy atom. The second-order valence-electron chi connectivity index (χ2n) is 0.968. The van der Waals surface area contributed by atoms with E-state index in [-0.39, 0.29) is 0 Å². The summed E-state index contributed by atoms with van der Waals surface area (Å²) in [5.41, 5.74) is 0. The highest BCUT2D eigenvalue weighted by molar-refractivity contribution is 8.00. The van der Waals surface area contributed by atoms with Gasteiger partial charge in [-0.15, -0.1) is 0 Å². The smallest absolute Gasteiger partial charge is 0.0127 e. The number of rotatable bonds is 3. The van der Waals surface area contributed by atoms with Crippen molar-refractivity contribution in [2.75, 3.05) is 0 Å². The fourth-order valence-electron chi connectivity index (χ4n) is 0.161. The third-order valence-corrected chi connectivity index (χ3v) is 0.812. The van der Waals surface area contributed by atoms with Crippen LogP contribution < -0.4 is 0 Å². The molecule has 0 aromatic rings. The van der Waals surface area contributed by atoms with Crippen molar-refractivity contribution in [3.05, 3.63) is 12.0 Å². The molecule has 0 atom stereocenters. The Labute approximate surface area is 48.7 Å². The lowest BCUT2D eigenvalue weighted by molar-refractivity contribution is 1.33. The molecule has 0 aliphatic carbocycles. The molecule has 0 radical (unpaired) electrons. The van der Waals surface area contributed by atoms with Gasteiger partial charge in [0, 0.05) is 18.2 Å². The predicted molar refractivity (Wildman–Crippen MR) is 36.6 cm³/mol. The van der Waals surface area contributed by atoms with Crippen LogP contribution in [-0.4, -0.2) is 6.21 Å². The Balaban J connectivity index is 2.92. The van der Waals surface area contributed by atoms with Crippen LogP contribution in [0.2, 0.25) is 0 Å². The average molecular weight is 115 g/mol. The summed E-state index contributed by atoms with van der Waals surface area (Å²) in [5.74, 6) is 0. The maximum atomic E-state index is 3.88. The van der Waals surface area contributed by atoms with Gasteiger partial charge in [-0.3, -0.25) is 0 Å². The van der Waals surface area contributed by atoms with Crippen LogP contribution >= 0.6 is 11.9 Å². The van der Waals surface area contributed by atoms with Crippen LogP contribution in [0.25, 0.3) is 0 Å². The van der Waals surface area contributed by atoms with Gasteiger partial charge in [-0.25, -0.2) is 4.40 Å². The van der Waals surface area contributed by atoms with Gasteiger partial charge in [0.25, 0.3) is 0 Å². The van der Waals surface area contributed by atoms with Gasteiger partial charge in [-0.2, -0.15) is 0 Å². The lowest BCUT2D eigenvalue weighted by atomic mass is 10.6. The largest absolute Gasteiger partial charge is 0.224 e. The average Bonchev–Trinajstić information content (AvgIpc) is 1.69. The van der Waals surface area contributed by atoms with Crippen LogP contribution in [-0.2, 0) is 0 Å². The molecule has 0 unspecified atom stereocenters. The van der Waals surface area contributed by atoms with Crippen LogP contribution in [0.1, 0.15) is 13.3 Å². The van der Waals surface area contributed by atoms with Crippen LogP contribution in [0.3, 0.4) is 0 Å². The van der Waals surface area contributed by atoms with Crippen molar-refractivity contribution in [1.82, 2.24) is 0 Å². The summed E-state index contributed by atoms with van der Waals surface area (Å²) in [6.07, 6.45) is 2.85. The minimum absolute atomic E-state index is 1.00. The van der Waals surface area contributed by atoms with E-state index in [4.69, 9.17) is 0 Å². The van der Waals surface area contributed by atoms with Gasteiger partial charge in [-0.1, -0.05) is 13.5 Å². The fraction of sp³-hybridized carbons (Fsp3) is 0.400. The molecular formula is C5H9NS. The van der Waals surface area contributed by atoms with Gasteiger partial charge < -0.3 is 0 Å². The van der Waals surface area contributed by atoms with E-state index in [1.165, 1.54) is 11.9 Å². The van der Waals surface area contributed by atoms with E-state index in [9.17, 15) is 0 Å². The number of hydrogen-bond acceptors (Lipinski definition) is 2. The third-order valence-electron chi connectivity index (χ3n) is 0.393. The Kier molecular flexibility index (Phi) is 5.56. The first-order valence-electron chi connectivity index (χ1n) is 2.20. The van der Waals surface area contributed by atoms with Crippen molar-refractivity contribution in [1.29, 1.82) is 0 Å². The summed E-state index contributed by atoms with van der Waals surface area (Å²) in [5, 5.41) is 1.70. The number of nitrogens with zero attached hydrogens (tertiary/aromatic N) is 1. The predicted octanol–water partition coefficient (Wildman–Crippen LogP) is 2.26. The standard InChI is InChI=1S/C5H9NS/c1-3-5-6-7-4-2/h4-5H,2-3H2,1H3. The van der Waals surface area contributed by atoms with E-state index in [0.717, 1.165) is 6.42 Å². The zero-order valence-electron chi connectivity index (χ0n) is 4.42. The molecule has 0 amide bonds. The Morgan fingerprint density at radius 3 is 3.00 bits per heavy atom. The molecule has 0 fully saturated rings. The third kappa shape index (κ3) is 5.76. The summed E-state index contributed by atoms with van der Waals surface area (Å²) < 4.78 is 3.88. The van der Waals surface area contributed by atoms with Crippen LogP contribution in [0.4, 0.5) is 0 Å². The summed E-state index contributed by atoms with van der Waals surface area (Å²) in [6.45, 7) is 5.53. The van der Waals surface area contributed by atoms with E-state index < -0.39 is 0 Å². The maximum Gasteiger partial charge on any atom is 0.0127 e. The first-order valence-corrected chi connectivity index (χ1v) is 3.04. The van der Waals surface area contributed by atoms with E-state index >= 15 is 0 Å². The zero-order chi connectivity index (χ0) is 5.54. The van der Waals surface area contributed by atoms with Crippen molar-refractivity contribution in [2.24, 2.45) is 4.40 Å². The quantitative estimate of drug-likeness (QED) is 0.406. The fourth-order valence-corrected chi connectivity index (χ4v) is 0.482. The molecule has 0 aromatic carbocycles. The van der Waals surface area contributed by atoms with Crippen LogP contribution in [0, 0.1) is 0 Å². The van der Waals surface area contributed by atoms with Crippen molar-refractivity contribution in [2.45, 2.75) is 13.3 Å². The monoisotopic (exact) mass is 115 g/mol. The first-order chi connectivity index (χ1) is 3.41. The summed E-state index contributed by atoms with van der Waals surface area (Å²) in [7, 11) is 0. The van der Waals surface area contributed by atoms with E-state index in [0.29, 0.717) is 0 Å². The van der Waals surface area contributed by atoms with Gasteiger partial charge in [0.15, 0.2) is 0 Å². The SMILES string of the molecule is C=CSN=CCC. The summed E-state index contributed by atoms with van der Waals surface area (Å²) in [6, 6.07) is 0. The van der Waals surface area contributed by atoms with E-state index in [2.05, 4.69) is 11.0 Å². The molecule has 0 saturated carbocycles. The van der Waals surface area contributed by atoms with Gasteiger partial charge in [0.2, 0.25) is 0 Å². The Bertz CT molecular complexity index is 68.5. The lowest BCUT2D eigenvalue weighted by Crippen LogP contribution is -1.59. The second kappa shape index (κ2) is 5.76. The molecule has 0 saturated heterocycles. The Morgan fingerprint density at radius 2 is 2.57 bits per heavy atom. The topological polar surface area (TPSA) is 12.4 Å². The molecule has 0 rings (SSSR count). The zero-order valence-corrected chi connectivity index (χ0v) is 5.24. The van der Waals surface area contributed by atoms with Crippen LogP contribution in [0.5, 0.6) is 0 Å². The highest BCUT2D eigenvalue weighted by Crippen LogP contribution is 1.98. The molecule has 7 heavy (non-hydrogen) atoms. The van der Waals surface area contributed by atoms with Gasteiger partial charge >= 0.3 is 0 Å². The van der Waals surface area contributed by atoms with Gasteiger partial charge in [0.05, 0.1) is 0 Å².